The van der Waals surface area contributed by atoms with Crippen LogP contribution in [0.4, 0.5) is 0 Å². The molecular formula is C15H11ClO2. The highest BCUT2D eigenvalue weighted by Crippen LogP contribution is 2.29. The maximum absolute atomic E-state index is 10.7. The smallest absolute Gasteiger partial charge is 0.150 e. The summed E-state index contributed by atoms with van der Waals surface area (Å²) in [6, 6.07) is 14.2. The Balaban J connectivity index is 2.37. The van der Waals surface area contributed by atoms with E-state index in [-0.39, 0.29) is 5.38 Å². The van der Waals surface area contributed by atoms with E-state index in [0.29, 0.717) is 11.1 Å². The first-order valence-electron chi connectivity index (χ1n) is 5.49. The summed E-state index contributed by atoms with van der Waals surface area (Å²) >= 11 is 6.36. The van der Waals surface area contributed by atoms with Gasteiger partial charge in [0.25, 0.3) is 0 Å². The summed E-state index contributed by atoms with van der Waals surface area (Å²) in [5, 5.41) is -0.371. The van der Waals surface area contributed by atoms with E-state index in [2.05, 4.69) is 0 Å². The molecule has 0 aromatic heterocycles. The van der Waals surface area contributed by atoms with E-state index in [1.807, 2.05) is 12.1 Å². The van der Waals surface area contributed by atoms with Gasteiger partial charge in [0.15, 0.2) is 0 Å². The lowest BCUT2D eigenvalue weighted by Gasteiger charge is -2.11. The standard InChI is InChI=1S/C15H11ClO2/c16-15(13-5-1-3-11(7-13)9-17)14-6-2-4-12(8-14)10-18/h1-10,15H. The van der Waals surface area contributed by atoms with Crippen molar-refractivity contribution in [2.24, 2.45) is 0 Å². The first kappa shape index (κ1) is 12.5. The lowest BCUT2D eigenvalue weighted by molar-refractivity contribution is 0.111. The number of alkyl halides is 1. The van der Waals surface area contributed by atoms with E-state index < -0.39 is 0 Å². The lowest BCUT2D eigenvalue weighted by atomic mass is 10.0. The molecule has 0 amide bonds. The molecule has 0 spiro atoms. The van der Waals surface area contributed by atoms with E-state index in [9.17, 15) is 9.59 Å². The van der Waals surface area contributed by atoms with Crippen molar-refractivity contribution in [2.75, 3.05) is 0 Å². The Labute approximate surface area is 110 Å². The molecular weight excluding hydrogens is 248 g/mol. The van der Waals surface area contributed by atoms with Gasteiger partial charge in [0.2, 0.25) is 0 Å². The van der Waals surface area contributed by atoms with E-state index in [4.69, 9.17) is 11.6 Å². The quantitative estimate of drug-likeness (QED) is 0.620. The zero-order chi connectivity index (χ0) is 13.0. The lowest BCUT2D eigenvalue weighted by Crippen LogP contribution is -1.95. The Morgan fingerprint density at radius 2 is 1.28 bits per heavy atom. The average Bonchev–Trinajstić information content (AvgIpc) is 2.46. The van der Waals surface area contributed by atoms with Crippen LogP contribution in [0.1, 0.15) is 37.2 Å². The summed E-state index contributed by atoms with van der Waals surface area (Å²) in [5.74, 6) is 0. The van der Waals surface area contributed by atoms with Gasteiger partial charge in [0, 0.05) is 11.1 Å². The third-order valence-electron chi connectivity index (χ3n) is 2.68. The molecule has 0 atom stereocenters. The largest absolute Gasteiger partial charge is 0.298 e. The monoisotopic (exact) mass is 258 g/mol. The number of carbonyl (C=O) groups is 2. The number of hydrogen-bond acceptors (Lipinski definition) is 2. The molecule has 90 valence electrons. The Kier molecular flexibility index (Phi) is 3.90. The van der Waals surface area contributed by atoms with Gasteiger partial charge in [-0.2, -0.15) is 0 Å². The van der Waals surface area contributed by atoms with Crippen LogP contribution in [0.25, 0.3) is 0 Å². The van der Waals surface area contributed by atoms with Crippen LogP contribution in [-0.4, -0.2) is 12.6 Å². The minimum Gasteiger partial charge on any atom is -0.298 e. The first-order valence-corrected chi connectivity index (χ1v) is 5.92. The zero-order valence-corrected chi connectivity index (χ0v) is 10.3. The van der Waals surface area contributed by atoms with Crippen molar-refractivity contribution in [3.63, 3.8) is 0 Å². The maximum Gasteiger partial charge on any atom is 0.150 e. The van der Waals surface area contributed by atoms with Gasteiger partial charge in [-0.25, -0.2) is 0 Å². The molecule has 2 rings (SSSR count). The molecule has 0 aliphatic carbocycles. The molecule has 0 unspecified atom stereocenters. The van der Waals surface area contributed by atoms with Crippen LogP contribution in [0.15, 0.2) is 48.5 Å². The molecule has 0 heterocycles. The number of rotatable bonds is 4. The van der Waals surface area contributed by atoms with Crippen molar-refractivity contribution in [2.45, 2.75) is 5.38 Å². The summed E-state index contributed by atoms with van der Waals surface area (Å²) in [6.45, 7) is 0. The summed E-state index contributed by atoms with van der Waals surface area (Å²) in [4.78, 5) is 21.5. The van der Waals surface area contributed by atoms with Crippen LogP contribution in [0.5, 0.6) is 0 Å². The van der Waals surface area contributed by atoms with Crippen molar-refractivity contribution >= 4 is 24.2 Å². The van der Waals surface area contributed by atoms with Gasteiger partial charge in [-0.1, -0.05) is 36.4 Å². The van der Waals surface area contributed by atoms with Crippen molar-refractivity contribution in [1.29, 1.82) is 0 Å². The molecule has 0 aliphatic heterocycles. The molecule has 2 aromatic rings. The van der Waals surface area contributed by atoms with Gasteiger partial charge in [0.1, 0.15) is 12.6 Å². The topological polar surface area (TPSA) is 34.1 Å². The van der Waals surface area contributed by atoms with Gasteiger partial charge in [-0.05, 0) is 23.3 Å². The minimum absolute atomic E-state index is 0.371. The van der Waals surface area contributed by atoms with Crippen LogP contribution in [0.2, 0.25) is 0 Å². The second-order valence-electron chi connectivity index (χ2n) is 3.94. The summed E-state index contributed by atoms with van der Waals surface area (Å²) in [6.07, 6.45) is 1.57. The normalized spacial score (nSPS) is 10.3. The SMILES string of the molecule is O=Cc1cccc(C(Cl)c2cccc(C=O)c2)c1. The van der Waals surface area contributed by atoms with Gasteiger partial charge >= 0.3 is 0 Å². The highest BCUT2D eigenvalue weighted by Gasteiger charge is 2.11. The van der Waals surface area contributed by atoms with Crippen molar-refractivity contribution in [3.8, 4) is 0 Å². The molecule has 18 heavy (non-hydrogen) atoms. The molecule has 2 aromatic carbocycles. The molecule has 0 radical (unpaired) electrons. The molecule has 2 nitrogen and oxygen atoms in total. The second-order valence-corrected chi connectivity index (χ2v) is 4.37. The third kappa shape index (κ3) is 2.66. The first-order chi connectivity index (χ1) is 8.74. The van der Waals surface area contributed by atoms with Crippen LogP contribution < -0.4 is 0 Å². The number of carbonyl (C=O) groups excluding carboxylic acids is 2. The predicted molar refractivity (Wildman–Crippen MR) is 71.4 cm³/mol. The highest BCUT2D eigenvalue weighted by atomic mass is 35.5. The average molecular weight is 259 g/mol. The molecule has 0 saturated carbocycles. The van der Waals surface area contributed by atoms with Gasteiger partial charge < -0.3 is 0 Å². The van der Waals surface area contributed by atoms with E-state index >= 15 is 0 Å². The summed E-state index contributed by atoms with van der Waals surface area (Å²) < 4.78 is 0. The second kappa shape index (κ2) is 5.61. The maximum atomic E-state index is 10.7. The van der Waals surface area contributed by atoms with Gasteiger partial charge in [0.05, 0.1) is 5.38 Å². The Bertz CT molecular complexity index is 527. The molecule has 0 N–H and O–H groups in total. The zero-order valence-electron chi connectivity index (χ0n) is 9.55. The van der Waals surface area contributed by atoms with Gasteiger partial charge in [-0.15, -0.1) is 11.6 Å². The van der Waals surface area contributed by atoms with Crippen molar-refractivity contribution in [1.82, 2.24) is 0 Å². The minimum atomic E-state index is -0.371. The van der Waals surface area contributed by atoms with E-state index in [1.165, 1.54) is 0 Å². The Morgan fingerprint density at radius 1 is 0.833 bits per heavy atom. The Morgan fingerprint density at radius 3 is 1.67 bits per heavy atom. The van der Waals surface area contributed by atoms with Crippen LogP contribution in [-0.2, 0) is 0 Å². The number of halogens is 1. The molecule has 0 bridgehead atoms. The van der Waals surface area contributed by atoms with Crippen LogP contribution >= 0.6 is 11.6 Å². The van der Waals surface area contributed by atoms with Crippen molar-refractivity contribution in [3.05, 3.63) is 70.8 Å². The summed E-state index contributed by atoms with van der Waals surface area (Å²) in [5.41, 5.74) is 2.85. The van der Waals surface area contributed by atoms with Crippen LogP contribution in [0.3, 0.4) is 0 Å². The predicted octanol–water partition coefficient (Wildman–Crippen LogP) is 3.64. The fourth-order valence-corrected chi connectivity index (χ4v) is 2.04. The number of hydrogen-bond donors (Lipinski definition) is 0. The van der Waals surface area contributed by atoms with Crippen LogP contribution in [0, 0.1) is 0 Å². The molecule has 3 heteroatoms. The van der Waals surface area contributed by atoms with E-state index in [1.54, 1.807) is 36.4 Å². The van der Waals surface area contributed by atoms with Gasteiger partial charge in [-0.3, -0.25) is 9.59 Å². The molecule has 0 saturated heterocycles. The third-order valence-corrected chi connectivity index (χ3v) is 3.18. The fourth-order valence-electron chi connectivity index (χ4n) is 1.77. The summed E-state index contributed by atoms with van der Waals surface area (Å²) in [7, 11) is 0. The molecule has 0 fully saturated rings. The van der Waals surface area contributed by atoms with E-state index in [0.717, 1.165) is 23.7 Å². The highest BCUT2D eigenvalue weighted by molar-refractivity contribution is 6.22. The number of benzene rings is 2. The molecule has 0 aliphatic rings. The number of aldehydes is 2. The fraction of sp³-hybridized carbons (Fsp3) is 0.0667. The van der Waals surface area contributed by atoms with Crippen molar-refractivity contribution < 1.29 is 9.59 Å². The Hall–Kier alpha value is -1.93.